The zero-order valence-corrected chi connectivity index (χ0v) is 18.3. The van der Waals surface area contributed by atoms with Crippen molar-refractivity contribution in [1.82, 2.24) is 4.90 Å². The van der Waals surface area contributed by atoms with Crippen LogP contribution >= 0.6 is 15.9 Å². The van der Waals surface area contributed by atoms with Crippen LogP contribution in [-0.4, -0.2) is 44.4 Å². The summed E-state index contributed by atoms with van der Waals surface area (Å²) in [5.41, 5.74) is -0.500. The third-order valence-electron chi connectivity index (χ3n) is 4.10. The number of carbonyl (C=O) groups is 1. The molecule has 2 atom stereocenters. The number of ether oxygens (including phenoxy) is 1. The van der Waals surface area contributed by atoms with Gasteiger partial charge in [0.1, 0.15) is 17.5 Å². The Labute approximate surface area is 168 Å². The largest absolute Gasteiger partial charge is 0.444 e. The van der Waals surface area contributed by atoms with E-state index in [1.54, 1.807) is 26.8 Å². The molecule has 27 heavy (non-hydrogen) atoms. The predicted molar refractivity (Wildman–Crippen MR) is 103 cm³/mol. The van der Waals surface area contributed by atoms with Gasteiger partial charge in [0.05, 0.1) is 6.26 Å². The van der Waals surface area contributed by atoms with E-state index in [1.165, 1.54) is 17.0 Å². The molecule has 1 aliphatic heterocycles. The number of benzene rings is 1. The van der Waals surface area contributed by atoms with Crippen LogP contribution in [0.1, 0.15) is 45.3 Å². The fourth-order valence-electron chi connectivity index (χ4n) is 3.08. The Morgan fingerprint density at radius 2 is 2.04 bits per heavy atom. The Kier molecular flexibility index (Phi) is 6.91. The van der Waals surface area contributed by atoms with Gasteiger partial charge >= 0.3 is 6.09 Å². The number of likely N-dealkylation sites (tertiary alicyclic amines) is 1. The van der Waals surface area contributed by atoms with E-state index in [4.69, 9.17) is 8.92 Å². The van der Waals surface area contributed by atoms with Gasteiger partial charge in [-0.05, 0) is 45.7 Å². The average molecular weight is 466 g/mol. The lowest BCUT2D eigenvalue weighted by molar-refractivity contribution is 0.00639. The summed E-state index contributed by atoms with van der Waals surface area (Å²) in [6, 6.07) is 4.41. The van der Waals surface area contributed by atoms with E-state index in [2.05, 4.69) is 15.9 Å². The van der Waals surface area contributed by atoms with E-state index in [0.717, 1.165) is 6.26 Å². The fourth-order valence-corrected chi connectivity index (χ4v) is 4.28. The second kappa shape index (κ2) is 8.45. The summed E-state index contributed by atoms with van der Waals surface area (Å²) in [4.78, 5) is 13.9. The number of hydrogen-bond acceptors (Lipinski definition) is 5. The fraction of sp³-hybridized carbons (Fsp3) is 0.611. The van der Waals surface area contributed by atoms with Crippen LogP contribution in [0.4, 0.5) is 9.18 Å². The van der Waals surface area contributed by atoms with E-state index in [0.29, 0.717) is 23.9 Å². The summed E-state index contributed by atoms with van der Waals surface area (Å²) < 4.78 is 49.2. The van der Waals surface area contributed by atoms with E-state index in [9.17, 15) is 17.6 Å². The highest BCUT2D eigenvalue weighted by Gasteiger charge is 2.36. The number of hydrogen-bond donors (Lipinski definition) is 0. The van der Waals surface area contributed by atoms with Gasteiger partial charge in [0.2, 0.25) is 0 Å². The van der Waals surface area contributed by atoms with Crippen molar-refractivity contribution in [2.24, 2.45) is 5.92 Å². The minimum Gasteiger partial charge on any atom is -0.444 e. The molecule has 152 valence electrons. The Balaban J connectivity index is 2.31. The van der Waals surface area contributed by atoms with Crippen LogP contribution in [0.2, 0.25) is 0 Å². The molecule has 6 nitrogen and oxygen atoms in total. The molecule has 1 aliphatic rings. The number of carbonyl (C=O) groups excluding carboxylic acids is 1. The molecular weight excluding hydrogens is 441 g/mol. The normalized spacial score (nSPS) is 19.6. The zero-order chi connectivity index (χ0) is 20.4. The number of piperidine rings is 1. The molecule has 1 fully saturated rings. The molecule has 0 saturated carbocycles. The molecule has 0 aliphatic carbocycles. The van der Waals surface area contributed by atoms with Gasteiger partial charge in [0.25, 0.3) is 10.1 Å². The van der Waals surface area contributed by atoms with Gasteiger partial charge < -0.3 is 9.64 Å². The lowest BCUT2D eigenvalue weighted by Crippen LogP contribution is -2.44. The molecule has 0 bridgehead atoms. The molecule has 1 heterocycles. The summed E-state index contributed by atoms with van der Waals surface area (Å²) in [5.74, 6) is -0.957. The second-order valence-corrected chi connectivity index (χ2v) is 10.1. The van der Waals surface area contributed by atoms with Crippen LogP contribution in [-0.2, 0) is 19.0 Å². The van der Waals surface area contributed by atoms with Crippen LogP contribution in [0, 0.1) is 11.7 Å². The van der Waals surface area contributed by atoms with Crippen molar-refractivity contribution in [1.29, 1.82) is 0 Å². The third kappa shape index (κ3) is 6.43. The first-order chi connectivity index (χ1) is 12.4. The van der Waals surface area contributed by atoms with Gasteiger partial charge in [-0.15, -0.1) is 0 Å². The molecule has 1 amide bonds. The van der Waals surface area contributed by atoms with Gasteiger partial charge in [-0.3, -0.25) is 4.18 Å². The van der Waals surface area contributed by atoms with Gasteiger partial charge in [-0.25, -0.2) is 9.18 Å². The number of nitrogens with zero attached hydrogens (tertiary/aromatic N) is 1. The topological polar surface area (TPSA) is 72.9 Å². The average Bonchev–Trinajstić information content (AvgIpc) is 2.51. The monoisotopic (exact) mass is 465 g/mol. The van der Waals surface area contributed by atoms with E-state index < -0.39 is 39.7 Å². The first kappa shape index (κ1) is 22.1. The minimum absolute atomic E-state index is 0.138. The summed E-state index contributed by atoms with van der Waals surface area (Å²) in [6.07, 6.45) is 0.655. The van der Waals surface area contributed by atoms with Crippen molar-refractivity contribution in [2.45, 2.75) is 45.3 Å². The molecule has 1 aromatic carbocycles. The van der Waals surface area contributed by atoms with E-state index in [1.807, 2.05) is 0 Å². The number of rotatable bonds is 4. The highest BCUT2D eigenvalue weighted by molar-refractivity contribution is 9.10. The first-order valence-corrected chi connectivity index (χ1v) is 11.3. The molecule has 1 aromatic rings. The number of amides is 1. The summed E-state index contributed by atoms with van der Waals surface area (Å²) in [5, 5.41) is 0. The predicted octanol–water partition coefficient (Wildman–Crippen LogP) is 4.25. The summed E-state index contributed by atoms with van der Waals surface area (Å²) in [7, 11) is -3.84. The third-order valence-corrected chi connectivity index (χ3v) is 5.35. The Morgan fingerprint density at radius 1 is 1.37 bits per heavy atom. The van der Waals surface area contributed by atoms with Crippen LogP contribution < -0.4 is 0 Å². The van der Waals surface area contributed by atoms with Crippen LogP contribution in [0.25, 0.3) is 0 Å². The maximum absolute atomic E-state index is 14.5. The lowest BCUT2D eigenvalue weighted by atomic mass is 9.88. The SMILES string of the molecule is CC(C)(C)OC(=O)N1CCCC(C(OS(C)(=O)=O)c2c(F)cccc2Br)C1. The Bertz CT molecular complexity index is 773. The van der Waals surface area contributed by atoms with Crippen molar-refractivity contribution >= 4 is 32.1 Å². The lowest BCUT2D eigenvalue weighted by Gasteiger charge is -2.37. The first-order valence-electron chi connectivity index (χ1n) is 8.67. The van der Waals surface area contributed by atoms with Gasteiger partial charge in [-0.1, -0.05) is 22.0 Å². The Hall–Kier alpha value is -1.19. The number of halogens is 2. The molecule has 2 unspecified atom stereocenters. The maximum Gasteiger partial charge on any atom is 0.410 e. The highest BCUT2D eigenvalue weighted by Crippen LogP contribution is 2.39. The van der Waals surface area contributed by atoms with E-state index >= 15 is 0 Å². The molecule has 0 spiro atoms. The molecule has 0 radical (unpaired) electrons. The molecule has 9 heteroatoms. The summed E-state index contributed by atoms with van der Waals surface area (Å²) >= 11 is 3.29. The zero-order valence-electron chi connectivity index (χ0n) is 15.9. The van der Waals surface area contributed by atoms with Crippen molar-refractivity contribution in [3.05, 3.63) is 34.1 Å². The highest BCUT2D eigenvalue weighted by atomic mass is 79.9. The van der Waals surface area contributed by atoms with E-state index in [-0.39, 0.29) is 12.1 Å². The molecule has 1 saturated heterocycles. The molecular formula is C18H25BrFNO5S. The van der Waals surface area contributed by atoms with Crippen molar-refractivity contribution in [2.75, 3.05) is 19.3 Å². The minimum atomic E-state index is -3.84. The standard InChI is InChI=1S/C18H25BrFNO5S/c1-18(2,3)25-17(22)21-10-6-7-12(11-21)16(26-27(4,23)24)15-13(19)8-5-9-14(15)20/h5,8-9,12,16H,6-7,10-11H2,1-4H3. The smallest absolute Gasteiger partial charge is 0.410 e. The van der Waals surface area contributed by atoms with Crippen molar-refractivity contribution < 1.29 is 26.5 Å². The van der Waals surface area contributed by atoms with Gasteiger partial charge in [0.15, 0.2) is 0 Å². The molecule has 0 N–H and O–H groups in total. The molecule has 0 aromatic heterocycles. The van der Waals surface area contributed by atoms with Crippen LogP contribution in [0.15, 0.2) is 22.7 Å². The van der Waals surface area contributed by atoms with Crippen LogP contribution in [0.3, 0.4) is 0 Å². The second-order valence-electron chi connectivity index (χ2n) is 7.68. The van der Waals surface area contributed by atoms with Crippen molar-refractivity contribution in [3.8, 4) is 0 Å². The Morgan fingerprint density at radius 3 is 2.59 bits per heavy atom. The molecule has 2 rings (SSSR count). The summed E-state index contributed by atoms with van der Waals surface area (Å²) in [6.45, 7) is 6.04. The van der Waals surface area contributed by atoms with Gasteiger partial charge in [0, 0.05) is 29.0 Å². The maximum atomic E-state index is 14.5. The van der Waals surface area contributed by atoms with Gasteiger partial charge in [-0.2, -0.15) is 8.42 Å². The van der Waals surface area contributed by atoms with Crippen molar-refractivity contribution in [3.63, 3.8) is 0 Å². The van der Waals surface area contributed by atoms with Crippen LogP contribution in [0.5, 0.6) is 0 Å². The quantitative estimate of drug-likeness (QED) is 0.621.